The molecule has 0 aromatic rings. The predicted molar refractivity (Wildman–Crippen MR) is 30.6 cm³/mol. The van der Waals surface area contributed by atoms with Crippen LogP contribution in [0.25, 0.3) is 0 Å². The first kappa shape index (κ1) is 12.1. The maximum atomic E-state index is 9.76. The van der Waals surface area contributed by atoms with Crippen molar-refractivity contribution in [1.29, 1.82) is 0 Å². The average Bonchev–Trinajstić information content (AvgIpc) is 1.65. The van der Waals surface area contributed by atoms with Gasteiger partial charge in [-0.2, -0.15) is 12.6 Å². The van der Waals surface area contributed by atoms with E-state index in [0.717, 1.165) is 0 Å². The molecule has 44 valence electrons. The normalized spacial score (nSPS) is 11.8. The van der Waals surface area contributed by atoms with Crippen molar-refractivity contribution in [2.24, 2.45) is 5.73 Å². The first-order valence-corrected chi connectivity index (χ1v) is 2.41. The Morgan fingerprint density at radius 3 is 2.38 bits per heavy atom. The summed E-state index contributed by atoms with van der Waals surface area (Å²) in [6.45, 7) is 0. The molecule has 0 aliphatic rings. The van der Waals surface area contributed by atoms with Gasteiger partial charge in [-0.1, -0.05) is 0 Å². The molecule has 8 heavy (non-hydrogen) atoms. The van der Waals surface area contributed by atoms with Crippen LogP contribution < -0.4 is 57.1 Å². The van der Waals surface area contributed by atoms with Gasteiger partial charge in [0.1, 0.15) is 6.04 Å². The van der Waals surface area contributed by atoms with E-state index in [1.807, 2.05) is 0 Å². The molecule has 0 rings (SSSR count). The van der Waals surface area contributed by atoms with Crippen molar-refractivity contribution in [3.8, 4) is 0 Å². The van der Waals surface area contributed by atoms with Crippen molar-refractivity contribution in [2.45, 2.75) is 6.04 Å². The number of aliphatic carboxylic acids is 1. The van der Waals surface area contributed by atoms with Crippen molar-refractivity contribution in [2.75, 3.05) is 5.75 Å². The zero-order valence-corrected chi connectivity index (χ0v) is 8.68. The summed E-state index contributed by atoms with van der Waals surface area (Å²) in [4.78, 5) is 9.76. The van der Waals surface area contributed by atoms with Crippen LogP contribution in [-0.4, -0.2) is 22.9 Å². The van der Waals surface area contributed by atoms with E-state index in [4.69, 9.17) is 10.8 Å². The van der Waals surface area contributed by atoms with E-state index in [9.17, 15) is 4.79 Å². The molecular formula is C3H8KNO2S. The number of carbonyl (C=O) groups is 1. The Morgan fingerprint density at radius 2 is 2.38 bits per heavy atom. The first-order chi connectivity index (χ1) is 3.18. The van der Waals surface area contributed by atoms with Gasteiger partial charge in [0.05, 0.1) is 0 Å². The van der Waals surface area contributed by atoms with Gasteiger partial charge in [0, 0.05) is 5.75 Å². The van der Waals surface area contributed by atoms with E-state index >= 15 is 0 Å². The molecule has 0 aliphatic heterocycles. The third kappa shape index (κ3) is 5.55. The minimum atomic E-state index is -1.00. The Morgan fingerprint density at radius 1 is 2.00 bits per heavy atom. The second-order valence-electron chi connectivity index (χ2n) is 1.13. The molecule has 5 heteroatoms. The van der Waals surface area contributed by atoms with Gasteiger partial charge in [-0.05, 0) is 0 Å². The van der Waals surface area contributed by atoms with E-state index in [0.29, 0.717) is 0 Å². The van der Waals surface area contributed by atoms with Gasteiger partial charge >= 0.3 is 57.4 Å². The molecule has 0 aromatic heterocycles. The molecule has 0 aromatic carbocycles. The molecule has 0 spiro atoms. The summed E-state index contributed by atoms with van der Waals surface area (Å²) < 4.78 is 0. The fourth-order valence-electron chi connectivity index (χ4n) is 0.0781. The molecular weight excluding hydrogens is 153 g/mol. The number of rotatable bonds is 2. The fourth-order valence-corrected chi connectivity index (χ4v) is 0.234. The van der Waals surface area contributed by atoms with Gasteiger partial charge in [-0.25, -0.2) is 0 Å². The van der Waals surface area contributed by atoms with Crippen LogP contribution in [0.1, 0.15) is 1.43 Å². The van der Waals surface area contributed by atoms with E-state index in [2.05, 4.69) is 12.6 Å². The third-order valence-electron chi connectivity index (χ3n) is 0.514. The SMILES string of the molecule is N[C@@H](CS)C(=O)O.[H-].[K+]. The molecule has 0 heterocycles. The summed E-state index contributed by atoms with van der Waals surface area (Å²) in [6.07, 6.45) is 0. The maximum absolute atomic E-state index is 9.76. The second kappa shape index (κ2) is 6.54. The van der Waals surface area contributed by atoms with Crippen molar-refractivity contribution < 1.29 is 62.7 Å². The number of nitrogens with two attached hydrogens (primary N) is 1. The summed E-state index contributed by atoms with van der Waals surface area (Å²) in [5, 5.41) is 8.01. The smallest absolute Gasteiger partial charge is 1.00 e. The van der Waals surface area contributed by atoms with Crippen molar-refractivity contribution in [3.63, 3.8) is 0 Å². The first-order valence-electron chi connectivity index (χ1n) is 1.77. The van der Waals surface area contributed by atoms with Crippen LogP contribution in [0, 0.1) is 0 Å². The van der Waals surface area contributed by atoms with Gasteiger partial charge in [0.2, 0.25) is 0 Å². The molecule has 0 unspecified atom stereocenters. The maximum Gasteiger partial charge on any atom is 1.00 e. The van der Waals surface area contributed by atoms with Crippen LogP contribution in [0.15, 0.2) is 0 Å². The van der Waals surface area contributed by atoms with E-state index in [1.54, 1.807) is 0 Å². The van der Waals surface area contributed by atoms with Crippen LogP contribution in [0.2, 0.25) is 0 Å². The molecule has 0 bridgehead atoms. The summed E-state index contributed by atoms with van der Waals surface area (Å²) in [7, 11) is 0. The zero-order chi connectivity index (χ0) is 5.86. The van der Waals surface area contributed by atoms with Gasteiger partial charge < -0.3 is 12.3 Å². The van der Waals surface area contributed by atoms with Crippen LogP contribution in [0.4, 0.5) is 0 Å². The van der Waals surface area contributed by atoms with Crippen LogP contribution in [0.3, 0.4) is 0 Å². The molecule has 3 N–H and O–H groups in total. The van der Waals surface area contributed by atoms with E-state index in [-0.39, 0.29) is 58.6 Å². The molecule has 0 aliphatic carbocycles. The second-order valence-corrected chi connectivity index (χ2v) is 1.49. The molecule has 1 atom stereocenters. The topological polar surface area (TPSA) is 63.3 Å². The Hall–Kier alpha value is 1.42. The van der Waals surface area contributed by atoms with Gasteiger partial charge in [-0.3, -0.25) is 4.79 Å². The number of carboxylic acids is 1. The van der Waals surface area contributed by atoms with E-state index < -0.39 is 12.0 Å². The summed E-state index contributed by atoms with van der Waals surface area (Å²) in [5.74, 6) is -0.815. The molecule has 0 radical (unpaired) electrons. The number of hydrogen-bond donors (Lipinski definition) is 3. The van der Waals surface area contributed by atoms with Crippen LogP contribution in [-0.2, 0) is 4.79 Å². The molecule has 0 saturated carbocycles. The Balaban J connectivity index is -0.000000180. The predicted octanol–water partition coefficient (Wildman–Crippen LogP) is -3.56. The average molecular weight is 161 g/mol. The Labute approximate surface area is 97.3 Å². The number of hydrogen-bond acceptors (Lipinski definition) is 3. The van der Waals surface area contributed by atoms with Crippen LogP contribution in [0.5, 0.6) is 0 Å². The third-order valence-corrected chi connectivity index (χ3v) is 0.907. The van der Waals surface area contributed by atoms with Crippen molar-refractivity contribution >= 4 is 18.6 Å². The van der Waals surface area contributed by atoms with Gasteiger partial charge in [0.15, 0.2) is 0 Å². The quantitative estimate of drug-likeness (QED) is 0.290. The Kier molecular flexibility index (Phi) is 9.91. The molecule has 0 amide bonds. The zero-order valence-electron chi connectivity index (χ0n) is 5.66. The van der Waals surface area contributed by atoms with Crippen molar-refractivity contribution in [3.05, 3.63) is 0 Å². The number of thiol groups is 1. The summed E-state index contributed by atoms with van der Waals surface area (Å²) >= 11 is 3.65. The monoisotopic (exact) mass is 161 g/mol. The van der Waals surface area contributed by atoms with Gasteiger partial charge in [0.25, 0.3) is 0 Å². The van der Waals surface area contributed by atoms with Crippen molar-refractivity contribution in [1.82, 2.24) is 0 Å². The largest absolute Gasteiger partial charge is 1.00 e. The molecule has 3 nitrogen and oxygen atoms in total. The summed E-state index contributed by atoms with van der Waals surface area (Å²) in [6, 6.07) is -0.816. The van der Waals surface area contributed by atoms with Gasteiger partial charge in [-0.15, -0.1) is 0 Å². The Bertz CT molecular complexity index is 84.2. The fraction of sp³-hybridized carbons (Fsp3) is 0.667. The standard InChI is InChI=1S/C3H7NO2S.K.H/c4-2(1-7)3(5)6;;/h2,7H,1,4H2,(H,5,6);;/q;+1;-1/t2-;;/m0../s1. The number of carboxylic acid groups (broad SMARTS) is 1. The van der Waals surface area contributed by atoms with E-state index in [1.165, 1.54) is 0 Å². The minimum absolute atomic E-state index is 0. The molecule has 0 saturated heterocycles. The molecule has 0 fully saturated rings. The van der Waals surface area contributed by atoms with Crippen LogP contribution >= 0.6 is 12.6 Å². The minimum Gasteiger partial charge on any atom is -1.00 e. The summed E-state index contributed by atoms with van der Waals surface area (Å²) in [5.41, 5.74) is 4.94.